The van der Waals surface area contributed by atoms with Crippen molar-refractivity contribution in [3.8, 4) is 0 Å². The number of piperidine rings is 1. The summed E-state index contributed by atoms with van der Waals surface area (Å²) in [5.41, 5.74) is 1.52. The van der Waals surface area contributed by atoms with E-state index in [0.29, 0.717) is 0 Å². The van der Waals surface area contributed by atoms with Crippen molar-refractivity contribution in [2.24, 2.45) is 0 Å². The summed E-state index contributed by atoms with van der Waals surface area (Å²) in [4.78, 5) is 2.79. The minimum Gasteiger partial charge on any atom is -0.300 e. The van der Waals surface area contributed by atoms with Gasteiger partial charge in [-0.2, -0.15) is 0 Å². The molecule has 1 aromatic carbocycles. The van der Waals surface area contributed by atoms with Crippen LogP contribution < -0.4 is 0 Å². The first-order valence-electron chi connectivity index (χ1n) is 7.82. The number of halogens is 1. The van der Waals surface area contributed by atoms with E-state index >= 15 is 0 Å². The van der Waals surface area contributed by atoms with Gasteiger partial charge < -0.3 is 0 Å². The summed E-state index contributed by atoms with van der Waals surface area (Å²) in [5, 5.41) is 0. The summed E-state index contributed by atoms with van der Waals surface area (Å²) in [5.74, 6) is 0.744. The molecule has 2 heteroatoms. The molecular formula is C17H24BrN. The third-order valence-corrected chi connectivity index (χ3v) is 5.36. The summed E-state index contributed by atoms with van der Waals surface area (Å²) in [6.45, 7) is 2.61. The highest BCUT2D eigenvalue weighted by Crippen LogP contribution is 2.32. The highest BCUT2D eigenvalue weighted by molar-refractivity contribution is 9.10. The number of rotatable bonds is 2. The van der Waals surface area contributed by atoms with E-state index in [0.717, 1.165) is 12.0 Å². The van der Waals surface area contributed by atoms with Gasteiger partial charge in [0.2, 0.25) is 0 Å². The molecule has 1 heterocycles. The van der Waals surface area contributed by atoms with Gasteiger partial charge >= 0.3 is 0 Å². The lowest BCUT2D eigenvalue weighted by Crippen LogP contribution is -2.42. The van der Waals surface area contributed by atoms with Gasteiger partial charge in [-0.15, -0.1) is 0 Å². The number of hydrogen-bond acceptors (Lipinski definition) is 1. The molecular weight excluding hydrogens is 298 g/mol. The van der Waals surface area contributed by atoms with Crippen molar-refractivity contribution < 1.29 is 0 Å². The van der Waals surface area contributed by atoms with Gasteiger partial charge in [0.25, 0.3) is 0 Å². The lowest BCUT2D eigenvalue weighted by atomic mass is 9.87. The number of benzene rings is 1. The monoisotopic (exact) mass is 321 g/mol. The Labute approximate surface area is 125 Å². The molecule has 1 unspecified atom stereocenters. The molecule has 104 valence electrons. The SMILES string of the molecule is Brc1cccc(C2CCCN(C3CCCCC3)C2)c1. The molecule has 1 aromatic rings. The quantitative estimate of drug-likeness (QED) is 0.744. The standard InChI is InChI=1S/C17H24BrN/c18-16-8-4-6-14(12-16)15-7-5-11-19(13-15)17-9-2-1-3-10-17/h4,6,8,12,15,17H,1-3,5,7,9-11,13H2. The van der Waals surface area contributed by atoms with Crippen LogP contribution in [0, 0.1) is 0 Å². The molecule has 1 saturated heterocycles. The van der Waals surface area contributed by atoms with Gasteiger partial charge in [0.1, 0.15) is 0 Å². The fourth-order valence-corrected chi connectivity index (χ4v) is 4.23. The van der Waals surface area contributed by atoms with Crippen molar-refractivity contribution in [1.82, 2.24) is 4.90 Å². The maximum Gasteiger partial charge on any atom is 0.0178 e. The van der Waals surface area contributed by atoms with Crippen molar-refractivity contribution in [3.05, 3.63) is 34.3 Å². The smallest absolute Gasteiger partial charge is 0.0178 e. The van der Waals surface area contributed by atoms with E-state index in [1.807, 2.05) is 0 Å². The Morgan fingerprint density at radius 3 is 2.63 bits per heavy atom. The minimum absolute atomic E-state index is 0.744. The van der Waals surface area contributed by atoms with Crippen molar-refractivity contribution in [3.63, 3.8) is 0 Å². The van der Waals surface area contributed by atoms with E-state index in [2.05, 4.69) is 45.1 Å². The molecule has 0 aromatic heterocycles. The first-order chi connectivity index (χ1) is 9.33. The Bertz CT molecular complexity index is 411. The van der Waals surface area contributed by atoms with E-state index in [-0.39, 0.29) is 0 Å². The van der Waals surface area contributed by atoms with Gasteiger partial charge in [-0.1, -0.05) is 47.3 Å². The van der Waals surface area contributed by atoms with Crippen LogP contribution in [0.4, 0.5) is 0 Å². The summed E-state index contributed by atoms with van der Waals surface area (Å²) < 4.78 is 1.22. The molecule has 3 rings (SSSR count). The van der Waals surface area contributed by atoms with Crippen LogP contribution in [-0.2, 0) is 0 Å². The van der Waals surface area contributed by atoms with Gasteiger partial charge in [-0.25, -0.2) is 0 Å². The van der Waals surface area contributed by atoms with Crippen LogP contribution in [-0.4, -0.2) is 24.0 Å². The van der Waals surface area contributed by atoms with E-state index in [4.69, 9.17) is 0 Å². The third kappa shape index (κ3) is 3.41. The maximum absolute atomic E-state index is 3.61. The predicted octanol–water partition coefficient (Wildman–Crippen LogP) is 4.96. The average molecular weight is 322 g/mol. The van der Waals surface area contributed by atoms with Gasteiger partial charge in [-0.05, 0) is 55.8 Å². The number of nitrogens with zero attached hydrogens (tertiary/aromatic N) is 1. The second-order valence-corrected chi connectivity index (χ2v) is 7.10. The molecule has 0 amide bonds. The Hall–Kier alpha value is -0.340. The van der Waals surface area contributed by atoms with Crippen LogP contribution in [0.5, 0.6) is 0 Å². The molecule has 1 nitrogen and oxygen atoms in total. The van der Waals surface area contributed by atoms with Crippen LogP contribution in [0.3, 0.4) is 0 Å². The summed E-state index contributed by atoms with van der Waals surface area (Å²) in [6, 6.07) is 9.81. The number of likely N-dealkylation sites (tertiary alicyclic amines) is 1. The lowest BCUT2D eigenvalue weighted by Gasteiger charge is -2.40. The van der Waals surface area contributed by atoms with Crippen LogP contribution in [0.1, 0.15) is 56.4 Å². The Balaban J connectivity index is 1.67. The second kappa shape index (κ2) is 6.41. The Kier molecular flexibility index (Phi) is 4.60. The zero-order valence-corrected chi connectivity index (χ0v) is 13.2. The highest BCUT2D eigenvalue weighted by Gasteiger charge is 2.27. The summed E-state index contributed by atoms with van der Waals surface area (Å²) in [7, 11) is 0. The fourth-order valence-electron chi connectivity index (χ4n) is 3.82. The van der Waals surface area contributed by atoms with E-state index in [9.17, 15) is 0 Å². The fraction of sp³-hybridized carbons (Fsp3) is 0.647. The van der Waals surface area contributed by atoms with Crippen molar-refractivity contribution >= 4 is 15.9 Å². The van der Waals surface area contributed by atoms with Gasteiger partial charge in [0.05, 0.1) is 0 Å². The van der Waals surface area contributed by atoms with Gasteiger partial charge in [0.15, 0.2) is 0 Å². The van der Waals surface area contributed by atoms with Crippen LogP contribution in [0.15, 0.2) is 28.7 Å². The van der Waals surface area contributed by atoms with E-state index < -0.39 is 0 Å². The first kappa shape index (κ1) is 13.6. The molecule has 1 aliphatic carbocycles. The van der Waals surface area contributed by atoms with Crippen LogP contribution >= 0.6 is 15.9 Å². The predicted molar refractivity (Wildman–Crippen MR) is 84.6 cm³/mol. The average Bonchev–Trinajstić information content (AvgIpc) is 2.48. The Morgan fingerprint density at radius 2 is 1.84 bits per heavy atom. The van der Waals surface area contributed by atoms with Crippen molar-refractivity contribution in [2.75, 3.05) is 13.1 Å². The number of hydrogen-bond donors (Lipinski definition) is 0. The third-order valence-electron chi connectivity index (χ3n) is 4.86. The second-order valence-electron chi connectivity index (χ2n) is 6.18. The molecule has 0 bridgehead atoms. The summed E-state index contributed by atoms with van der Waals surface area (Å²) in [6.07, 6.45) is 9.95. The molecule has 1 saturated carbocycles. The zero-order valence-electron chi connectivity index (χ0n) is 11.7. The molecule has 19 heavy (non-hydrogen) atoms. The van der Waals surface area contributed by atoms with Crippen LogP contribution in [0.2, 0.25) is 0 Å². The summed E-state index contributed by atoms with van der Waals surface area (Å²) >= 11 is 3.61. The molecule has 0 spiro atoms. The minimum atomic E-state index is 0.744. The first-order valence-corrected chi connectivity index (χ1v) is 8.62. The topological polar surface area (TPSA) is 3.24 Å². The molecule has 0 N–H and O–H groups in total. The molecule has 0 radical (unpaired) electrons. The molecule has 2 fully saturated rings. The highest BCUT2D eigenvalue weighted by atomic mass is 79.9. The Morgan fingerprint density at radius 1 is 1.00 bits per heavy atom. The van der Waals surface area contributed by atoms with Gasteiger partial charge in [-0.3, -0.25) is 4.90 Å². The largest absolute Gasteiger partial charge is 0.300 e. The maximum atomic E-state index is 3.61. The molecule has 2 aliphatic rings. The van der Waals surface area contributed by atoms with E-state index in [1.54, 1.807) is 0 Å². The van der Waals surface area contributed by atoms with E-state index in [1.165, 1.54) is 68.1 Å². The van der Waals surface area contributed by atoms with Gasteiger partial charge in [0, 0.05) is 17.1 Å². The van der Waals surface area contributed by atoms with Crippen molar-refractivity contribution in [2.45, 2.75) is 56.9 Å². The lowest BCUT2D eigenvalue weighted by molar-refractivity contribution is 0.119. The normalized spacial score (nSPS) is 26.5. The molecule has 1 atom stereocenters. The van der Waals surface area contributed by atoms with Crippen molar-refractivity contribution in [1.29, 1.82) is 0 Å². The molecule has 1 aliphatic heterocycles. The zero-order chi connectivity index (χ0) is 13.1. The van der Waals surface area contributed by atoms with Crippen LogP contribution in [0.25, 0.3) is 0 Å².